The van der Waals surface area contributed by atoms with Crippen LogP contribution in [-0.2, 0) is 4.79 Å². The van der Waals surface area contributed by atoms with Crippen molar-refractivity contribution in [2.75, 3.05) is 0 Å². The molecule has 0 spiro atoms. The van der Waals surface area contributed by atoms with Crippen LogP contribution < -0.4 is 0 Å². The van der Waals surface area contributed by atoms with Crippen LogP contribution in [0.1, 0.15) is 6.42 Å². The summed E-state index contributed by atoms with van der Waals surface area (Å²) >= 11 is 0. The third kappa shape index (κ3) is 0.801. The van der Waals surface area contributed by atoms with E-state index in [0.29, 0.717) is 29.9 Å². The molecule has 1 nitrogen and oxygen atoms in total. The highest BCUT2D eigenvalue weighted by Crippen LogP contribution is 2.57. The monoisotopic (exact) mass is 184 g/mol. The molecule has 2 heteroatoms. The van der Waals surface area contributed by atoms with Crippen LogP contribution in [0.4, 0.5) is 0 Å². The molecule has 0 saturated heterocycles. The van der Waals surface area contributed by atoms with Crippen LogP contribution in [0.25, 0.3) is 0 Å². The first-order valence-electron chi connectivity index (χ1n) is 5.35. The van der Waals surface area contributed by atoms with Gasteiger partial charge in [-0.05, 0) is 24.2 Å². The van der Waals surface area contributed by atoms with Crippen LogP contribution in [0.3, 0.4) is 0 Å². The van der Waals surface area contributed by atoms with Crippen molar-refractivity contribution < 1.29 is 4.79 Å². The van der Waals surface area contributed by atoms with E-state index in [0.717, 1.165) is 12.0 Å². The van der Waals surface area contributed by atoms with Gasteiger partial charge in [-0.25, -0.2) is 0 Å². The Hall–Kier alpha value is -0.785. The van der Waals surface area contributed by atoms with Crippen molar-refractivity contribution in [3.63, 3.8) is 0 Å². The number of rotatable bonds is 1. The van der Waals surface area contributed by atoms with Crippen LogP contribution in [0, 0.1) is 29.6 Å². The van der Waals surface area contributed by atoms with Crippen molar-refractivity contribution in [2.45, 2.75) is 12.7 Å². The van der Waals surface area contributed by atoms with Crippen molar-refractivity contribution in [2.24, 2.45) is 29.6 Å². The summed E-state index contributed by atoms with van der Waals surface area (Å²) in [4.78, 5) is 12.0. The average Bonchev–Trinajstić information content (AvgIpc) is 2.80. The molecule has 70 valence electrons. The summed E-state index contributed by atoms with van der Waals surface area (Å²) < 4.78 is 0. The zero-order valence-corrected chi connectivity index (χ0v) is 8.15. The zero-order valence-electron chi connectivity index (χ0n) is 8.15. The molecule has 2 saturated carbocycles. The van der Waals surface area contributed by atoms with E-state index in [2.05, 4.69) is 18.7 Å². The lowest BCUT2D eigenvalue weighted by atomic mass is 9.83. The lowest BCUT2D eigenvalue weighted by Gasteiger charge is -2.19. The largest absolute Gasteiger partial charge is 0.299 e. The molecule has 2 fully saturated rings. The fourth-order valence-corrected chi connectivity index (χ4v) is 3.63. The summed E-state index contributed by atoms with van der Waals surface area (Å²) in [7, 11) is 5.63. The second-order valence-corrected chi connectivity index (χ2v) is 4.77. The maximum Gasteiger partial charge on any atom is 0.143 e. The Morgan fingerprint density at radius 2 is 2.00 bits per heavy atom. The molecule has 0 amide bonds. The Balaban J connectivity index is 2.02. The van der Waals surface area contributed by atoms with Gasteiger partial charge in [0.1, 0.15) is 5.78 Å². The van der Waals surface area contributed by atoms with Gasteiger partial charge in [-0.2, -0.15) is 0 Å². The summed E-state index contributed by atoms with van der Waals surface area (Å²) in [6, 6.07) is 0. The lowest BCUT2D eigenvalue weighted by Crippen LogP contribution is -2.20. The van der Waals surface area contributed by atoms with Gasteiger partial charge < -0.3 is 0 Å². The standard InChI is InChI=1S/C12H13BO/c1-6-9(5-13)12(14)11-8-3-2-7(4-8)10(6)11/h2-3,7-11H,1,4-5H2. The molecular formula is C12H13BO. The molecule has 3 aliphatic rings. The van der Waals surface area contributed by atoms with Crippen molar-refractivity contribution in [3.8, 4) is 0 Å². The quantitative estimate of drug-likeness (QED) is 0.448. The smallest absolute Gasteiger partial charge is 0.143 e. The van der Waals surface area contributed by atoms with Gasteiger partial charge in [0.15, 0.2) is 0 Å². The van der Waals surface area contributed by atoms with Gasteiger partial charge in [0.25, 0.3) is 0 Å². The fraction of sp³-hybridized carbons (Fsp3) is 0.583. The molecule has 0 aromatic rings. The van der Waals surface area contributed by atoms with E-state index in [9.17, 15) is 4.79 Å². The summed E-state index contributed by atoms with van der Waals surface area (Å²) in [5, 5.41) is 0. The highest BCUT2D eigenvalue weighted by atomic mass is 16.1. The number of fused-ring (bicyclic) bond motifs is 5. The maximum atomic E-state index is 12.0. The van der Waals surface area contributed by atoms with Gasteiger partial charge in [-0.1, -0.05) is 30.6 Å². The number of ketones is 1. The van der Waals surface area contributed by atoms with Crippen LogP contribution in [-0.4, -0.2) is 13.6 Å². The van der Waals surface area contributed by atoms with E-state index < -0.39 is 0 Å². The van der Waals surface area contributed by atoms with E-state index in [4.69, 9.17) is 7.85 Å². The van der Waals surface area contributed by atoms with Crippen LogP contribution in [0.15, 0.2) is 24.3 Å². The topological polar surface area (TPSA) is 17.1 Å². The second kappa shape index (κ2) is 2.62. The number of Topliss-reactive ketones (excluding diaryl/α,β-unsaturated/α-hetero) is 1. The van der Waals surface area contributed by atoms with Crippen molar-refractivity contribution in [1.29, 1.82) is 0 Å². The first-order chi connectivity index (χ1) is 6.74. The normalized spacial score (nSPS) is 49.0. The van der Waals surface area contributed by atoms with Gasteiger partial charge in [0.2, 0.25) is 0 Å². The molecule has 5 unspecified atom stereocenters. The molecule has 3 aliphatic carbocycles. The number of hydrogen-bond acceptors (Lipinski definition) is 1. The van der Waals surface area contributed by atoms with Gasteiger partial charge in [-0.3, -0.25) is 4.79 Å². The maximum absolute atomic E-state index is 12.0. The average molecular weight is 184 g/mol. The molecule has 0 heterocycles. The SMILES string of the molecule is [B]CC1C(=C)C2C3C=CC(C3)C2C1=O. The summed E-state index contributed by atoms with van der Waals surface area (Å²) in [6.07, 6.45) is 6.10. The Kier molecular flexibility index (Phi) is 1.59. The first kappa shape index (κ1) is 8.52. The van der Waals surface area contributed by atoms with Crippen LogP contribution >= 0.6 is 0 Å². The fourth-order valence-electron chi connectivity index (χ4n) is 3.63. The van der Waals surface area contributed by atoms with Crippen LogP contribution in [0.2, 0.25) is 6.32 Å². The van der Waals surface area contributed by atoms with Gasteiger partial charge in [0, 0.05) is 11.8 Å². The summed E-state index contributed by atoms with van der Waals surface area (Å²) in [6.45, 7) is 4.08. The Morgan fingerprint density at radius 3 is 2.57 bits per heavy atom. The van der Waals surface area contributed by atoms with E-state index in [1.165, 1.54) is 0 Å². The second-order valence-electron chi connectivity index (χ2n) is 4.77. The molecular weight excluding hydrogens is 171 g/mol. The molecule has 0 aliphatic heterocycles. The molecule has 0 N–H and O–H groups in total. The van der Waals surface area contributed by atoms with Gasteiger partial charge in [0.05, 0.1) is 7.85 Å². The van der Waals surface area contributed by atoms with Crippen molar-refractivity contribution in [3.05, 3.63) is 24.3 Å². The van der Waals surface area contributed by atoms with Crippen LogP contribution in [0.5, 0.6) is 0 Å². The zero-order chi connectivity index (χ0) is 9.87. The minimum atomic E-state index is -0.0461. The highest BCUT2D eigenvalue weighted by molar-refractivity contribution is 6.12. The highest BCUT2D eigenvalue weighted by Gasteiger charge is 2.55. The predicted molar refractivity (Wildman–Crippen MR) is 55.9 cm³/mol. The summed E-state index contributed by atoms with van der Waals surface area (Å²) in [5.41, 5.74) is 1.11. The van der Waals surface area contributed by atoms with Gasteiger partial charge in [-0.15, -0.1) is 0 Å². The molecule has 0 aromatic carbocycles. The molecule has 2 bridgehead atoms. The van der Waals surface area contributed by atoms with E-state index in [1.807, 2.05) is 0 Å². The van der Waals surface area contributed by atoms with E-state index in [-0.39, 0.29) is 11.8 Å². The lowest BCUT2D eigenvalue weighted by molar-refractivity contribution is -0.124. The molecule has 14 heavy (non-hydrogen) atoms. The Morgan fingerprint density at radius 1 is 1.36 bits per heavy atom. The van der Waals surface area contributed by atoms with Crippen molar-refractivity contribution in [1.82, 2.24) is 0 Å². The molecule has 0 aromatic heterocycles. The third-order valence-corrected chi connectivity index (χ3v) is 4.24. The Bertz CT molecular complexity index is 314. The molecule has 2 radical (unpaired) electrons. The van der Waals surface area contributed by atoms with Crippen molar-refractivity contribution >= 4 is 13.6 Å². The molecule has 3 rings (SSSR count). The molecule has 5 atom stereocenters. The minimum absolute atomic E-state index is 0.0461. The number of hydrogen-bond donors (Lipinski definition) is 0. The van der Waals surface area contributed by atoms with Gasteiger partial charge >= 0.3 is 0 Å². The predicted octanol–water partition coefficient (Wildman–Crippen LogP) is 1.77. The number of allylic oxidation sites excluding steroid dienone is 3. The van der Waals surface area contributed by atoms with E-state index >= 15 is 0 Å². The number of carbonyl (C=O) groups is 1. The summed E-state index contributed by atoms with van der Waals surface area (Å²) in [5.74, 6) is 2.04. The third-order valence-electron chi connectivity index (χ3n) is 4.24. The minimum Gasteiger partial charge on any atom is -0.299 e. The first-order valence-corrected chi connectivity index (χ1v) is 5.35. The number of carbonyl (C=O) groups excluding carboxylic acids is 1. The van der Waals surface area contributed by atoms with E-state index in [1.54, 1.807) is 0 Å². The Labute approximate surface area is 85.7 Å².